The first-order valence-corrected chi connectivity index (χ1v) is 12.1. The molecule has 0 bridgehead atoms. The summed E-state index contributed by atoms with van der Waals surface area (Å²) in [4.78, 5) is 12.9. The Morgan fingerprint density at radius 3 is 1.91 bits per heavy atom. The number of sulfonamides is 1. The third-order valence-corrected chi connectivity index (χ3v) is 7.98. The number of benzene rings is 2. The number of hydrogen-bond acceptors (Lipinski definition) is 3. The molecule has 192 valence electrons. The van der Waals surface area contributed by atoms with Gasteiger partial charge in [0.2, 0.25) is 15.9 Å². The van der Waals surface area contributed by atoms with Crippen molar-refractivity contribution in [3.63, 3.8) is 0 Å². The Hall–Kier alpha value is -2.60. The SMILES string of the molecule is Cc1cc(C)c(S(=O)(=O)N2CCCC(C(=O)Nc3cc(C(F)(F)F)cc(C(F)(F)F)c3)C2)c(C)c1. The number of alkyl halides is 6. The lowest BCUT2D eigenvalue weighted by Gasteiger charge is -2.32. The van der Waals surface area contributed by atoms with E-state index in [4.69, 9.17) is 0 Å². The molecule has 1 aliphatic heterocycles. The van der Waals surface area contributed by atoms with E-state index >= 15 is 0 Å². The molecule has 5 nitrogen and oxygen atoms in total. The molecule has 1 atom stereocenters. The van der Waals surface area contributed by atoms with Crippen LogP contribution in [0.4, 0.5) is 32.0 Å². The lowest BCUT2D eigenvalue weighted by molar-refractivity contribution is -0.143. The number of carbonyl (C=O) groups excluding carboxylic acids is 1. The van der Waals surface area contributed by atoms with E-state index in [1.54, 1.807) is 26.0 Å². The Balaban J connectivity index is 1.86. The summed E-state index contributed by atoms with van der Waals surface area (Å²) in [6.45, 7) is 5.04. The van der Waals surface area contributed by atoms with E-state index in [1.165, 1.54) is 0 Å². The second-order valence-corrected chi connectivity index (χ2v) is 10.6. The van der Waals surface area contributed by atoms with Gasteiger partial charge in [0.15, 0.2) is 0 Å². The van der Waals surface area contributed by atoms with Crippen molar-refractivity contribution >= 4 is 21.6 Å². The first-order chi connectivity index (χ1) is 16.0. The molecule has 1 saturated heterocycles. The van der Waals surface area contributed by atoms with Crippen LogP contribution in [-0.4, -0.2) is 31.7 Å². The van der Waals surface area contributed by atoms with E-state index in [0.29, 0.717) is 29.7 Å². The van der Waals surface area contributed by atoms with Crippen LogP contribution >= 0.6 is 0 Å². The van der Waals surface area contributed by atoms with E-state index < -0.39 is 51.0 Å². The van der Waals surface area contributed by atoms with E-state index in [0.717, 1.165) is 9.87 Å². The zero-order valence-electron chi connectivity index (χ0n) is 19.1. The highest BCUT2D eigenvalue weighted by Gasteiger charge is 2.38. The van der Waals surface area contributed by atoms with Crippen molar-refractivity contribution in [1.29, 1.82) is 0 Å². The van der Waals surface area contributed by atoms with Crippen LogP contribution in [0, 0.1) is 26.7 Å². The molecule has 0 aliphatic carbocycles. The smallest absolute Gasteiger partial charge is 0.326 e. The number of carbonyl (C=O) groups is 1. The van der Waals surface area contributed by atoms with Gasteiger partial charge in [-0.1, -0.05) is 17.7 Å². The average Bonchev–Trinajstić information content (AvgIpc) is 2.71. The van der Waals surface area contributed by atoms with Gasteiger partial charge in [0.1, 0.15) is 0 Å². The summed E-state index contributed by atoms with van der Waals surface area (Å²) in [5.74, 6) is -1.80. The summed E-state index contributed by atoms with van der Waals surface area (Å²) in [5.41, 5.74) is -1.81. The topological polar surface area (TPSA) is 66.5 Å². The van der Waals surface area contributed by atoms with Crippen LogP contribution in [0.2, 0.25) is 0 Å². The van der Waals surface area contributed by atoms with Crippen LogP contribution in [0.3, 0.4) is 0 Å². The summed E-state index contributed by atoms with van der Waals surface area (Å²) in [5, 5.41) is 2.12. The molecule has 1 amide bonds. The van der Waals surface area contributed by atoms with Gasteiger partial charge in [-0.2, -0.15) is 30.6 Å². The molecule has 3 rings (SSSR count). The van der Waals surface area contributed by atoms with Crippen molar-refractivity contribution in [1.82, 2.24) is 4.31 Å². The Bertz CT molecular complexity index is 1180. The molecule has 1 fully saturated rings. The van der Waals surface area contributed by atoms with Crippen molar-refractivity contribution in [2.75, 3.05) is 18.4 Å². The molecule has 0 spiro atoms. The number of anilines is 1. The third kappa shape index (κ3) is 5.97. The number of halogens is 6. The largest absolute Gasteiger partial charge is 0.416 e. The molecule has 1 heterocycles. The molecule has 2 aromatic carbocycles. The predicted molar refractivity (Wildman–Crippen MR) is 117 cm³/mol. The van der Waals surface area contributed by atoms with E-state index in [-0.39, 0.29) is 30.5 Å². The lowest BCUT2D eigenvalue weighted by atomic mass is 9.98. The molecule has 1 N–H and O–H groups in total. The fourth-order valence-corrected chi connectivity index (χ4v) is 6.28. The Labute approximate surface area is 199 Å². The summed E-state index contributed by atoms with van der Waals surface area (Å²) in [6.07, 6.45) is -9.58. The molecule has 0 radical (unpaired) electrons. The van der Waals surface area contributed by atoms with Gasteiger partial charge in [0, 0.05) is 18.8 Å². The van der Waals surface area contributed by atoms with Gasteiger partial charge in [-0.15, -0.1) is 0 Å². The van der Waals surface area contributed by atoms with Crippen LogP contribution < -0.4 is 5.32 Å². The summed E-state index contributed by atoms with van der Waals surface area (Å²) < 4.78 is 106. The van der Waals surface area contributed by atoms with Crippen molar-refractivity contribution in [3.8, 4) is 0 Å². The molecular formula is C23H24F6N2O3S. The van der Waals surface area contributed by atoms with Crippen molar-refractivity contribution < 1.29 is 39.6 Å². The van der Waals surface area contributed by atoms with Gasteiger partial charge < -0.3 is 5.32 Å². The fourth-order valence-electron chi connectivity index (χ4n) is 4.35. The summed E-state index contributed by atoms with van der Waals surface area (Å²) in [6, 6.07) is 4.25. The van der Waals surface area contributed by atoms with Crippen molar-refractivity contribution in [2.24, 2.45) is 5.92 Å². The summed E-state index contributed by atoms with van der Waals surface area (Å²) >= 11 is 0. The van der Waals surface area contributed by atoms with Gasteiger partial charge in [-0.3, -0.25) is 4.79 Å². The predicted octanol–water partition coefficient (Wildman–Crippen LogP) is 5.69. The Morgan fingerprint density at radius 1 is 0.914 bits per heavy atom. The molecule has 1 unspecified atom stereocenters. The molecule has 0 aromatic heterocycles. The zero-order valence-corrected chi connectivity index (χ0v) is 20.0. The molecule has 0 saturated carbocycles. The number of hydrogen-bond donors (Lipinski definition) is 1. The van der Waals surface area contributed by atoms with E-state index in [9.17, 15) is 39.6 Å². The monoisotopic (exact) mass is 522 g/mol. The van der Waals surface area contributed by atoms with Gasteiger partial charge in [0.25, 0.3) is 0 Å². The molecule has 1 aliphatic rings. The fraction of sp³-hybridized carbons (Fsp3) is 0.435. The minimum atomic E-state index is -5.06. The highest BCUT2D eigenvalue weighted by atomic mass is 32.2. The molecule has 12 heteroatoms. The summed E-state index contributed by atoms with van der Waals surface area (Å²) in [7, 11) is -3.98. The minimum absolute atomic E-state index is 0.0309. The zero-order chi connectivity index (χ0) is 26.3. The van der Waals surface area contributed by atoms with Crippen molar-refractivity contribution in [3.05, 3.63) is 58.1 Å². The van der Waals surface area contributed by atoms with Crippen LogP contribution in [0.25, 0.3) is 0 Å². The number of aryl methyl sites for hydroxylation is 3. The van der Waals surface area contributed by atoms with Gasteiger partial charge in [-0.25, -0.2) is 8.42 Å². The first-order valence-electron chi connectivity index (χ1n) is 10.7. The minimum Gasteiger partial charge on any atom is -0.326 e. The number of piperidine rings is 1. The van der Waals surface area contributed by atoms with Crippen LogP contribution in [0.15, 0.2) is 35.2 Å². The second-order valence-electron chi connectivity index (χ2n) is 8.71. The van der Waals surface area contributed by atoms with Gasteiger partial charge in [-0.05, 0) is 62.9 Å². The van der Waals surface area contributed by atoms with E-state index in [2.05, 4.69) is 5.32 Å². The Kier molecular flexibility index (Phi) is 7.29. The maximum absolute atomic E-state index is 13.3. The van der Waals surface area contributed by atoms with Crippen molar-refractivity contribution in [2.45, 2.75) is 50.9 Å². The van der Waals surface area contributed by atoms with Gasteiger partial charge >= 0.3 is 12.4 Å². The standard InChI is InChI=1S/C23H24F6N2O3S/c1-13-7-14(2)20(15(3)8-13)35(33,34)31-6-4-5-16(12-31)21(32)30-19-10-17(22(24,25)26)9-18(11-19)23(27,28)29/h7-11,16H,4-6,12H2,1-3H3,(H,30,32). The lowest BCUT2D eigenvalue weighted by Crippen LogP contribution is -2.44. The third-order valence-electron chi connectivity index (χ3n) is 5.81. The highest BCUT2D eigenvalue weighted by Crippen LogP contribution is 2.38. The van der Waals surface area contributed by atoms with Gasteiger partial charge in [0.05, 0.1) is 21.9 Å². The average molecular weight is 523 g/mol. The van der Waals surface area contributed by atoms with Crippen LogP contribution in [0.5, 0.6) is 0 Å². The molecular weight excluding hydrogens is 498 g/mol. The molecule has 35 heavy (non-hydrogen) atoms. The van der Waals surface area contributed by atoms with E-state index in [1.807, 2.05) is 6.92 Å². The number of rotatable bonds is 4. The quantitative estimate of drug-likeness (QED) is 0.525. The highest BCUT2D eigenvalue weighted by molar-refractivity contribution is 7.89. The maximum atomic E-state index is 13.3. The number of amides is 1. The van der Waals surface area contributed by atoms with Crippen LogP contribution in [0.1, 0.15) is 40.7 Å². The normalized spacial score (nSPS) is 17.9. The number of nitrogens with zero attached hydrogens (tertiary/aromatic N) is 1. The first kappa shape index (κ1) is 27.0. The van der Waals surface area contributed by atoms with Crippen LogP contribution in [-0.2, 0) is 27.2 Å². The number of nitrogens with one attached hydrogen (secondary N) is 1. The maximum Gasteiger partial charge on any atom is 0.416 e. The second kappa shape index (κ2) is 9.45. The Morgan fingerprint density at radius 2 is 1.43 bits per heavy atom. The molecule has 2 aromatic rings.